The lowest BCUT2D eigenvalue weighted by Gasteiger charge is -2.33. The average molecular weight is 373 g/mol. The molecule has 0 spiro atoms. The molecule has 1 aromatic carbocycles. The number of nitrogens with zero attached hydrogens (tertiary/aromatic N) is 2. The maximum atomic E-state index is 12.5. The maximum absolute atomic E-state index is 12.5. The molecule has 1 aromatic rings. The van der Waals surface area contributed by atoms with Crippen LogP contribution in [0.4, 0.5) is 8.78 Å². The highest BCUT2D eigenvalue weighted by molar-refractivity contribution is 9.18. The Morgan fingerprint density at radius 3 is 2.45 bits per heavy atom. The van der Waals surface area contributed by atoms with Gasteiger partial charge in [-0.15, -0.1) is 0 Å². The Balaban J connectivity index is 1.47. The van der Waals surface area contributed by atoms with Gasteiger partial charge in [0, 0.05) is 24.4 Å². The van der Waals surface area contributed by atoms with E-state index in [0.717, 1.165) is 49.1 Å². The Bertz CT molecular complexity index is 527. The van der Waals surface area contributed by atoms with Crippen LogP contribution in [0, 0.1) is 5.92 Å². The van der Waals surface area contributed by atoms with Crippen molar-refractivity contribution in [3.05, 3.63) is 35.4 Å². The van der Waals surface area contributed by atoms with Gasteiger partial charge in [-0.25, -0.2) is 8.78 Å². The van der Waals surface area contributed by atoms with Gasteiger partial charge in [0.15, 0.2) is 0 Å². The van der Waals surface area contributed by atoms with Crippen molar-refractivity contribution in [2.24, 2.45) is 11.1 Å². The number of piperidine rings is 1. The summed E-state index contributed by atoms with van der Waals surface area (Å²) in [4.78, 5) is 7.82. The fraction of sp³-hybridized carbons (Fsp3) is 0.562. The zero-order valence-corrected chi connectivity index (χ0v) is 13.8. The molecule has 3 rings (SSSR count). The predicted octanol–water partition coefficient (Wildman–Crippen LogP) is 4.33. The van der Waals surface area contributed by atoms with Crippen molar-refractivity contribution in [2.45, 2.75) is 38.3 Å². The summed E-state index contributed by atoms with van der Waals surface area (Å²) in [7, 11) is 0. The minimum Gasteiger partial charge on any atom is -0.391 e. The second kappa shape index (κ2) is 7.04. The van der Waals surface area contributed by atoms with E-state index in [0.29, 0.717) is 5.92 Å². The minimum atomic E-state index is -2.39. The van der Waals surface area contributed by atoms with Gasteiger partial charge in [0.25, 0.3) is 6.43 Å². The van der Waals surface area contributed by atoms with Gasteiger partial charge in [-0.2, -0.15) is 0 Å². The molecule has 120 valence electrons. The van der Waals surface area contributed by atoms with Crippen molar-refractivity contribution in [3.8, 4) is 0 Å². The monoisotopic (exact) mass is 372 g/mol. The van der Waals surface area contributed by atoms with Gasteiger partial charge in [0.1, 0.15) is 10.7 Å². The van der Waals surface area contributed by atoms with E-state index in [-0.39, 0.29) is 11.7 Å². The summed E-state index contributed by atoms with van der Waals surface area (Å²) in [5.74, 6) is 0.552. The topological polar surface area (TPSA) is 24.8 Å². The highest BCUT2D eigenvalue weighted by atomic mass is 79.9. The molecule has 1 fully saturated rings. The third-order valence-electron chi connectivity index (χ3n) is 4.45. The molecule has 0 aromatic heterocycles. The lowest BCUT2D eigenvalue weighted by molar-refractivity contribution is 0.0127. The maximum Gasteiger partial charge on any atom is 0.263 e. The number of halogens is 3. The Morgan fingerprint density at radius 1 is 1.23 bits per heavy atom. The first-order valence-corrected chi connectivity index (χ1v) is 8.38. The van der Waals surface area contributed by atoms with E-state index < -0.39 is 6.43 Å². The van der Waals surface area contributed by atoms with Gasteiger partial charge >= 0.3 is 0 Å². The van der Waals surface area contributed by atoms with E-state index >= 15 is 0 Å². The smallest absolute Gasteiger partial charge is 0.263 e. The van der Waals surface area contributed by atoms with Crippen molar-refractivity contribution in [3.63, 3.8) is 0 Å². The number of likely N-dealkylation sites (tertiary alicyclic amines) is 1. The summed E-state index contributed by atoms with van der Waals surface area (Å²) < 4.78 is 26.0. The Morgan fingerprint density at radius 2 is 1.91 bits per heavy atom. The van der Waals surface area contributed by atoms with Gasteiger partial charge < -0.3 is 4.84 Å². The highest BCUT2D eigenvalue weighted by Gasteiger charge is 2.31. The number of benzene rings is 1. The lowest BCUT2D eigenvalue weighted by atomic mass is 9.90. The molecule has 0 radical (unpaired) electrons. The molecule has 2 aliphatic rings. The van der Waals surface area contributed by atoms with E-state index in [2.05, 4.69) is 26.0 Å². The molecule has 2 heterocycles. The number of alkyl halides is 2. The van der Waals surface area contributed by atoms with Crippen LogP contribution in [-0.4, -0.2) is 28.7 Å². The number of oxime groups is 1. The van der Waals surface area contributed by atoms with Gasteiger partial charge in [-0.3, -0.25) is 4.90 Å². The lowest BCUT2D eigenvalue weighted by Crippen LogP contribution is -2.37. The van der Waals surface area contributed by atoms with Gasteiger partial charge in [0.2, 0.25) is 0 Å². The predicted molar refractivity (Wildman–Crippen MR) is 85.3 cm³/mol. The molecule has 0 amide bonds. The second-order valence-corrected chi connectivity index (χ2v) is 6.89. The largest absolute Gasteiger partial charge is 0.391 e. The quantitative estimate of drug-likeness (QED) is 0.785. The second-order valence-electron chi connectivity index (χ2n) is 5.97. The highest BCUT2D eigenvalue weighted by Crippen LogP contribution is 2.29. The van der Waals surface area contributed by atoms with Crippen LogP contribution in [0.1, 0.15) is 36.8 Å². The number of hydrogen-bond donors (Lipinski definition) is 0. The summed E-state index contributed by atoms with van der Waals surface area (Å²) in [6.07, 6.45) is 0.880. The number of rotatable bonds is 4. The molecule has 0 aliphatic carbocycles. The molecule has 0 bridgehead atoms. The van der Waals surface area contributed by atoms with Crippen LogP contribution in [0.25, 0.3) is 0 Å². The summed E-state index contributed by atoms with van der Waals surface area (Å²) in [5, 5.41) is 3.96. The molecule has 6 heteroatoms. The van der Waals surface area contributed by atoms with E-state index in [9.17, 15) is 8.78 Å². The fourth-order valence-corrected chi connectivity index (χ4v) is 3.53. The molecule has 1 saturated heterocycles. The van der Waals surface area contributed by atoms with Crippen molar-refractivity contribution < 1.29 is 13.6 Å². The minimum absolute atomic E-state index is 0.0893. The van der Waals surface area contributed by atoms with Crippen LogP contribution in [0.3, 0.4) is 0 Å². The molecule has 0 N–H and O–H groups in total. The Labute approximate surface area is 137 Å². The standard InChI is InChI=1S/C16H19BrF2N2O/c17-15-9-14(22-20-15)12-5-7-21(8-6-12)10-11-1-3-13(4-2-11)16(18)19/h1-4,12,14,16H,5-10H2. The van der Waals surface area contributed by atoms with Crippen LogP contribution in [0.2, 0.25) is 0 Å². The Kier molecular flexibility index (Phi) is 5.08. The molecule has 2 aliphatic heterocycles. The van der Waals surface area contributed by atoms with E-state index in [1.54, 1.807) is 12.1 Å². The molecule has 22 heavy (non-hydrogen) atoms. The number of hydrogen-bond acceptors (Lipinski definition) is 3. The van der Waals surface area contributed by atoms with Crippen LogP contribution in [0.5, 0.6) is 0 Å². The van der Waals surface area contributed by atoms with Crippen LogP contribution < -0.4 is 0 Å². The third-order valence-corrected chi connectivity index (χ3v) is 4.92. The molecule has 1 unspecified atom stereocenters. The van der Waals surface area contributed by atoms with Crippen molar-refractivity contribution in [1.29, 1.82) is 0 Å². The van der Waals surface area contributed by atoms with E-state index in [1.165, 1.54) is 12.1 Å². The summed E-state index contributed by atoms with van der Waals surface area (Å²) in [6, 6.07) is 6.65. The third kappa shape index (κ3) is 3.84. The zero-order chi connectivity index (χ0) is 15.5. The first-order valence-electron chi connectivity index (χ1n) is 7.59. The average Bonchev–Trinajstić information content (AvgIpc) is 2.95. The van der Waals surface area contributed by atoms with Crippen LogP contribution >= 0.6 is 15.9 Å². The summed E-state index contributed by atoms with van der Waals surface area (Å²) in [6.45, 7) is 2.85. The normalized spacial score (nSPS) is 23.6. The molecule has 3 nitrogen and oxygen atoms in total. The molecule has 1 atom stereocenters. The Hall–Kier alpha value is -1.01. The van der Waals surface area contributed by atoms with Crippen molar-refractivity contribution >= 4 is 20.6 Å². The van der Waals surface area contributed by atoms with Gasteiger partial charge in [-0.1, -0.05) is 29.4 Å². The van der Waals surface area contributed by atoms with Gasteiger partial charge in [-0.05, 0) is 47.4 Å². The van der Waals surface area contributed by atoms with Crippen molar-refractivity contribution in [2.75, 3.05) is 13.1 Å². The molecule has 0 saturated carbocycles. The zero-order valence-electron chi connectivity index (χ0n) is 12.2. The van der Waals surface area contributed by atoms with Gasteiger partial charge in [0.05, 0.1) is 0 Å². The first-order chi connectivity index (χ1) is 10.6. The van der Waals surface area contributed by atoms with E-state index in [1.807, 2.05) is 0 Å². The summed E-state index contributed by atoms with van der Waals surface area (Å²) >= 11 is 3.38. The van der Waals surface area contributed by atoms with Crippen molar-refractivity contribution in [1.82, 2.24) is 4.90 Å². The van der Waals surface area contributed by atoms with E-state index in [4.69, 9.17) is 4.84 Å². The fourth-order valence-electron chi connectivity index (χ4n) is 3.13. The molecular formula is C16H19BrF2N2O. The SMILES string of the molecule is FC(F)c1ccc(CN2CCC(C3CC(Br)=NO3)CC2)cc1. The first kappa shape index (κ1) is 15.9. The summed E-state index contributed by atoms with van der Waals surface area (Å²) in [5.41, 5.74) is 1.18. The molecular weight excluding hydrogens is 354 g/mol. The van der Waals surface area contributed by atoms with Crippen LogP contribution in [-0.2, 0) is 11.4 Å². The van der Waals surface area contributed by atoms with Crippen LogP contribution in [0.15, 0.2) is 29.4 Å².